The van der Waals surface area contributed by atoms with E-state index in [1.807, 2.05) is 30.3 Å². The van der Waals surface area contributed by atoms with E-state index in [0.717, 1.165) is 5.69 Å². The van der Waals surface area contributed by atoms with Gasteiger partial charge in [0.05, 0.1) is 11.6 Å². The van der Waals surface area contributed by atoms with E-state index in [1.165, 1.54) is 0 Å². The van der Waals surface area contributed by atoms with Crippen LogP contribution in [0.4, 0.5) is 5.69 Å². The van der Waals surface area contributed by atoms with Gasteiger partial charge in [0.15, 0.2) is 11.5 Å². The minimum Gasteiger partial charge on any atom is -0.480 e. The molecule has 5 nitrogen and oxygen atoms in total. The highest BCUT2D eigenvalue weighted by atomic mass is 16.5. The molecule has 1 heterocycles. The Balaban J connectivity index is 1.86. The Hall–Kier alpha value is -2.92. The van der Waals surface area contributed by atoms with Gasteiger partial charge in [-0.25, -0.2) is 0 Å². The van der Waals surface area contributed by atoms with Crippen molar-refractivity contribution in [2.24, 2.45) is 0 Å². The molecule has 0 radical (unpaired) electrons. The van der Waals surface area contributed by atoms with Crippen molar-refractivity contribution in [1.29, 1.82) is 0 Å². The smallest absolute Gasteiger partial charge is 0.228 e. The molecule has 132 valence electrons. The number of para-hydroxylation sites is 1. The van der Waals surface area contributed by atoms with Crippen LogP contribution in [0.15, 0.2) is 65.9 Å². The van der Waals surface area contributed by atoms with E-state index < -0.39 is 17.7 Å². The number of hydrogen-bond acceptors (Lipinski definition) is 5. The summed E-state index contributed by atoms with van der Waals surface area (Å²) in [7, 11) is 0. The summed E-state index contributed by atoms with van der Waals surface area (Å²) in [5.41, 5.74) is 0.589. The van der Waals surface area contributed by atoms with Gasteiger partial charge >= 0.3 is 0 Å². The van der Waals surface area contributed by atoms with Crippen molar-refractivity contribution in [3.05, 3.63) is 77.1 Å². The monoisotopic (exact) mass is 349 g/mol. The fourth-order valence-electron chi connectivity index (χ4n) is 3.50. The molecule has 0 fully saturated rings. The van der Waals surface area contributed by atoms with Gasteiger partial charge in [-0.1, -0.05) is 42.5 Å². The van der Waals surface area contributed by atoms with E-state index in [0.29, 0.717) is 11.1 Å². The second kappa shape index (κ2) is 5.81. The summed E-state index contributed by atoms with van der Waals surface area (Å²) in [5.74, 6) is -0.592. The van der Waals surface area contributed by atoms with Gasteiger partial charge in [-0.15, -0.1) is 0 Å². The van der Waals surface area contributed by atoms with Gasteiger partial charge in [-0.2, -0.15) is 0 Å². The number of benzene rings is 2. The first-order valence-electron chi connectivity index (χ1n) is 8.51. The predicted octanol–water partition coefficient (Wildman–Crippen LogP) is 2.97. The highest BCUT2D eigenvalue weighted by molar-refractivity contribution is 6.27. The third-order valence-electron chi connectivity index (χ3n) is 4.91. The van der Waals surface area contributed by atoms with E-state index in [1.54, 1.807) is 38.1 Å². The highest BCUT2D eigenvalue weighted by Crippen LogP contribution is 2.39. The molecule has 1 aliphatic carbocycles. The molecule has 5 heteroatoms. The lowest BCUT2D eigenvalue weighted by Crippen LogP contribution is -2.56. The molecule has 0 bridgehead atoms. The quantitative estimate of drug-likeness (QED) is 0.872. The zero-order chi connectivity index (χ0) is 18.5. The number of aliphatic hydroxyl groups is 1. The van der Waals surface area contributed by atoms with Crippen LogP contribution in [-0.2, 0) is 4.74 Å². The number of carbonyl (C=O) groups excluding carboxylic acids is 2. The molecule has 2 aliphatic rings. The number of rotatable bonds is 2. The number of allylic oxidation sites excluding steroid dienone is 1. The van der Waals surface area contributed by atoms with Crippen LogP contribution in [0.3, 0.4) is 0 Å². The molecule has 2 aromatic rings. The van der Waals surface area contributed by atoms with Crippen LogP contribution in [0.25, 0.3) is 0 Å². The molecule has 0 amide bonds. The maximum absolute atomic E-state index is 13.1. The summed E-state index contributed by atoms with van der Waals surface area (Å²) in [6, 6.07) is 15.2. The first kappa shape index (κ1) is 16.5. The van der Waals surface area contributed by atoms with Gasteiger partial charge in [-0.3, -0.25) is 9.59 Å². The molecule has 0 unspecified atom stereocenters. The number of fused-ring (bicyclic) bond motifs is 1. The molecule has 4 rings (SSSR count). The molecule has 1 aliphatic heterocycles. The lowest BCUT2D eigenvalue weighted by molar-refractivity contribution is -0.0842. The molecule has 0 spiro atoms. The number of hydrogen-bond donors (Lipinski definition) is 2. The Morgan fingerprint density at radius 1 is 0.923 bits per heavy atom. The Morgan fingerprint density at radius 2 is 1.50 bits per heavy atom. The Kier molecular flexibility index (Phi) is 3.70. The first-order chi connectivity index (χ1) is 12.4. The van der Waals surface area contributed by atoms with Crippen molar-refractivity contribution in [1.82, 2.24) is 0 Å². The van der Waals surface area contributed by atoms with Crippen molar-refractivity contribution >= 4 is 17.3 Å². The largest absolute Gasteiger partial charge is 0.480 e. The van der Waals surface area contributed by atoms with Crippen molar-refractivity contribution < 1.29 is 19.4 Å². The molecule has 0 aromatic heterocycles. The topological polar surface area (TPSA) is 75.6 Å². The van der Waals surface area contributed by atoms with Crippen molar-refractivity contribution in [3.8, 4) is 0 Å². The molecule has 2 atom stereocenters. The summed E-state index contributed by atoms with van der Waals surface area (Å²) < 4.78 is 5.82. The molecule has 0 saturated heterocycles. The van der Waals surface area contributed by atoms with Crippen molar-refractivity contribution in [2.75, 3.05) is 5.32 Å². The van der Waals surface area contributed by atoms with Gasteiger partial charge in [0.2, 0.25) is 5.78 Å². The average Bonchev–Trinajstić information content (AvgIpc) is 2.64. The van der Waals surface area contributed by atoms with Gasteiger partial charge in [0.1, 0.15) is 11.7 Å². The number of ketones is 2. The lowest BCUT2D eigenvalue weighted by atomic mass is 9.78. The van der Waals surface area contributed by atoms with E-state index >= 15 is 0 Å². The third-order valence-corrected chi connectivity index (χ3v) is 4.91. The van der Waals surface area contributed by atoms with E-state index in [4.69, 9.17) is 4.74 Å². The number of nitrogens with one attached hydrogen (secondary N) is 1. The Morgan fingerprint density at radius 3 is 2.15 bits per heavy atom. The highest BCUT2D eigenvalue weighted by Gasteiger charge is 2.50. The summed E-state index contributed by atoms with van der Waals surface area (Å²) >= 11 is 0. The SMILES string of the molecule is CC1(C)OC2=C(C(=O)c3ccccc3C2=O)[C@@H](Nc2ccccc2)[C@@H]1O. The molecular weight excluding hydrogens is 330 g/mol. The first-order valence-corrected chi connectivity index (χ1v) is 8.51. The lowest BCUT2D eigenvalue weighted by Gasteiger charge is -2.44. The fourth-order valence-corrected chi connectivity index (χ4v) is 3.50. The summed E-state index contributed by atoms with van der Waals surface area (Å²) in [6.45, 7) is 3.42. The number of anilines is 1. The van der Waals surface area contributed by atoms with E-state index in [-0.39, 0.29) is 22.9 Å². The van der Waals surface area contributed by atoms with E-state index in [9.17, 15) is 14.7 Å². The van der Waals surface area contributed by atoms with Crippen molar-refractivity contribution in [2.45, 2.75) is 31.6 Å². The predicted molar refractivity (Wildman–Crippen MR) is 97.2 cm³/mol. The van der Waals surface area contributed by atoms with Crippen LogP contribution in [-0.4, -0.2) is 34.4 Å². The van der Waals surface area contributed by atoms with Crippen LogP contribution >= 0.6 is 0 Å². The van der Waals surface area contributed by atoms with Crippen LogP contribution in [0.2, 0.25) is 0 Å². The molecule has 2 N–H and O–H groups in total. The second-order valence-electron chi connectivity index (χ2n) is 7.09. The number of ether oxygens (including phenoxy) is 1. The standard InChI is InChI=1S/C21H19NO4/c1-21(2)20(25)16(22-12-8-4-3-5-9-12)15-17(23)13-10-6-7-11-14(13)18(24)19(15)26-21/h3-11,16,20,22,25H,1-2H3/t16-,20+/m1/s1. The molecule has 0 saturated carbocycles. The van der Waals surface area contributed by atoms with Crippen molar-refractivity contribution in [3.63, 3.8) is 0 Å². The second-order valence-corrected chi connectivity index (χ2v) is 7.09. The molecule has 2 aromatic carbocycles. The summed E-state index contributed by atoms with van der Waals surface area (Å²) in [4.78, 5) is 26.1. The van der Waals surface area contributed by atoms with Gasteiger partial charge in [0.25, 0.3) is 0 Å². The van der Waals surface area contributed by atoms with E-state index in [2.05, 4.69) is 5.32 Å². The Labute approximate surface area is 151 Å². The summed E-state index contributed by atoms with van der Waals surface area (Å²) in [5, 5.41) is 14.1. The van der Waals surface area contributed by atoms with Crippen LogP contribution in [0, 0.1) is 0 Å². The zero-order valence-corrected chi connectivity index (χ0v) is 14.5. The fraction of sp³-hybridized carbons (Fsp3) is 0.238. The molecule has 26 heavy (non-hydrogen) atoms. The van der Waals surface area contributed by atoms with Gasteiger partial charge in [-0.05, 0) is 26.0 Å². The van der Waals surface area contributed by atoms with Crippen LogP contribution < -0.4 is 5.32 Å². The minimum absolute atomic E-state index is 0.0254. The van der Waals surface area contributed by atoms with Crippen LogP contribution in [0.1, 0.15) is 34.6 Å². The number of aliphatic hydroxyl groups excluding tert-OH is 1. The zero-order valence-electron chi connectivity index (χ0n) is 14.5. The summed E-state index contributed by atoms with van der Waals surface area (Å²) in [6.07, 6.45) is -1.01. The average molecular weight is 349 g/mol. The normalized spacial score (nSPS) is 23.8. The Bertz CT molecular complexity index is 930. The number of Topliss-reactive ketones (excluding diaryl/α,β-unsaturated/α-hetero) is 2. The van der Waals surface area contributed by atoms with Gasteiger partial charge in [0, 0.05) is 16.8 Å². The maximum Gasteiger partial charge on any atom is 0.228 e. The minimum atomic E-state index is -1.02. The number of carbonyl (C=O) groups is 2. The van der Waals surface area contributed by atoms with Crippen LogP contribution in [0.5, 0.6) is 0 Å². The maximum atomic E-state index is 13.1. The third kappa shape index (κ3) is 2.44. The molecular formula is C21H19NO4. The van der Waals surface area contributed by atoms with Gasteiger partial charge < -0.3 is 15.2 Å².